The molecule has 0 bridgehead atoms. The molecule has 152 valence electrons. The van der Waals surface area contributed by atoms with Gasteiger partial charge in [-0.25, -0.2) is 0 Å². The second kappa shape index (κ2) is 8.86. The van der Waals surface area contributed by atoms with Crippen molar-refractivity contribution in [2.75, 3.05) is 0 Å². The Morgan fingerprint density at radius 3 is 2.23 bits per heavy atom. The number of nitrogens with zero attached hydrogens (tertiary/aromatic N) is 2. The molecule has 1 aromatic heterocycles. The van der Waals surface area contributed by atoms with Crippen molar-refractivity contribution >= 4 is 35.1 Å². The van der Waals surface area contributed by atoms with Gasteiger partial charge in [-0.3, -0.25) is 9.78 Å². The maximum absolute atomic E-state index is 11.8. The molecule has 0 unspecified atom stereocenters. The summed E-state index contributed by atoms with van der Waals surface area (Å²) >= 11 is 12.1. The first-order valence-corrected chi connectivity index (χ1v) is 10.4. The van der Waals surface area contributed by atoms with Gasteiger partial charge >= 0.3 is 0 Å². The number of carbonyl (C=O) groups is 1. The molecule has 1 aliphatic rings. The van der Waals surface area contributed by atoms with Crippen LogP contribution in [0.3, 0.4) is 0 Å². The average molecular weight is 439 g/mol. The van der Waals surface area contributed by atoms with Crippen LogP contribution in [0.4, 0.5) is 0 Å². The summed E-state index contributed by atoms with van der Waals surface area (Å²) in [5.74, 6) is 0.0157. The van der Waals surface area contributed by atoms with Crippen LogP contribution in [0, 0.1) is 5.92 Å². The van der Waals surface area contributed by atoms with Crippen LogP contribution < -0.4 is 11.1 Å². The van der Waals surface area contributed by atoms with E-state index >= 15 is 0 Å². The Hall–Kier alpha value is -2.89. The van der Waals surface area contributed by atoms with E-state index in [2.05, 4.69) is 10.3 Å². The molecular formula is C23H20Cl2N4O. The van der Waals surface area contributed by atoms with Gasteiger partial charge in [0, 0.05) is 39.8 Å². The fraction of sp³-hybridized carbons (Fsp3) is 0.174. The van der Waals surface area contributed by atoms with Crippen LogP contribution in [-0.4, -0.2) is 16.9 Å². The number of aromatic nitrogens is 1. The van der Waals surface area contributed by atoms with Crippen molar-refractivity contribution in [1.82, 2.24) is 10.3 Å². The third-order valence-electron chi connectivity index (χ3n) is 4.85. The number of amides is 1. The lowest BCUT2D eigenvalue weighted by Gasteiger charge is -2.13. The number of aliphatic imine (C=N–C) groups is 1. The maximum atomic E-state index is 11.8. The molecular weight excluding hydrogens is 419 g/mol. The second-order valence-electron chi connectivity index (χ2n) is 7.22. The summed E-state index contributed by atoms with van der Waals surface area (Å²) in [6.45, 7) is 0.405. The van der Waals surface area contributed by atoms with Crippen molar-refractivity contribution in [1.29, 1.82) is 0 Å². The third-order valence-corrected chi connectivity index (χ3v) is 5.35. The molecule has 3 aromatic rings. The normalized spacial score (nSPS) is 13.9. The number of benzene rings is 2. The van der Waals surface area contributed by atoms with Gasteiger partial charge in [0.15, 0.2) is 5.96 Å². The lowest BCUT2D eigenvalue weighted by molar-refractivity contribution is -0.118. The number of carbonyl (C=O) groups excluding carboxylic acids is 1. The highest BCUT2D eigenvalue weighted by atomic mass is 35.5. The lowest BCUT2D eigenvalue weighted by Crippen LogP contribution is -2.32. The predicted molar refractivity (Wildman–Crippen MR) is 121 cm³/mol. The van der Waals surface area contributed by atoms with Gasteiger partial charge in [0.25, 0.3) is 5.91 Å². The van der Waals surface area contributed by atoms with Gasteiger partial charge in [-0.15, -0.1) is 0 Å². The van der Waals surface area contributed by atoms with E-state index < -0.39 is 0 Å². The smallest absolute Gasteiger partial charge is 0.251 e. The van der Waals surface area contributed by atoms with Crippen molar-refractivity contribution in [2.24, 2.45) is 16.6 Å². The number of hydrogen-bond acceptors (Lipinski definition) is 2. The molecule has 30 heavy (non-hydrogen) atoms. The highest BCUT2D eigenvalue weighted by molar-refractivity contribution is 6.31. The van der Waals surface area contributed by atoms with Crippen LogP contribution in [0.15, 0.2) is 65.8 Å². The number of rotatable bonds is 5. The van der Waals surface area contributed by atoms with Crippen LogP contribution >= 0.6 is 23.2 Å². The van der Waals surface area contributed by atoms with E-state index in [0.29, 0.717) is 16.6 Å². The maximum Gasteiger partial charge on any atom is 0.251 e. The summed E-state index contributed by atoms with van der Waals surface area (Å²) in [5, 5.41) is 4.33. The van der Waals surface area contributed by atoms with Gasteiger partial charge in [-0.2, -0.15) is 4.99 Å². The molecule has 0 spiro atoms. The first kappa shape index (κ1) is 20.4. The number of hydrogen-bond donors (Lipinski definition) is 2. The van der Waals surface area contributed by atoms with E-state index in [0.717, 1.165) is 40.8 Å². The lowest BCUT2D eigenvalue weighted by atomic mass is 9.98. The number of nitrogens with two attached hydrogens (primary N) is 1. The monoisotopic (exact) mass is 438 g/mol. The molecule has 1 saturated carbocycles. The first-order valence-electron chi connectivity index (χ1n) is 9.62. The summed E-state index contributed by atoms with van der Waals surface area (Å²) in [6, 6.07) is 17.2. The number of halogens is 2. The van der Waals surface area contributed by atoms with Crippen molar-refractivity contribution in [2.45, 2.75) is 19.4 Å². The van der Waals surface area contributed by atoms with Gasteiger partial charge in [0.05, 0.1) is 5.69 Å². The van der Waals surface area contributed by atoms with Crippen molar-refractivity contribution in [3.05, 3.63) is 76.4 Å². The fourth-order valence-corrected chi connectivity index (χ4v) is 3.32. The Bertz CT molecular complexity index is 1090. The van der Waals surface area contributed by atoms with E-state index in [1.54, 1.807) is 6.20 Å². The quantitative estimate of drug-likeness (QED) is 0.430. The fourth-order valence-electron chi connectivity index (χ4n) is 3.06. The zero-order valence-electron chi connectivity index (χ0n) is 16.1. The zero-order valence-corrected chi connectivity index (χ0v) is 17.6. The molecule has 0 radical (unpaired) electrons. The average Bonchev–Trinajstić information content (AvgIpc) is 3.59. The molecule has 2 aromatic carbocycles. The Kier molecular flexibility index (Phi) is 6.02. The van der Waals surface area contributed by atoms with Crippen molar-refractivity contribution in [3.63, 3.8) is 0 Å². The minimum absolute atomic E-state index is 0.0437. The predicted octanol–water partition coefficient (Wildman–Crippen LogP) is 5.06. The third kappa shape index (κ3) is 4.99. The Morgan fingerprint density at radius 1 is 1.03 bits per heavy atom. The van der Waals surface area contributed by atoms with Gasteiger partial charge < -0.3 is 11.1 Å². The molecule has 7 heteroatoms. The molecule has 1 amide bonds. The van der Waals surface area contributed by atoms with E-state index in [1.807, 2.05) is 54.6 Å². The van der Waals surface area contributed by atoms with E-state index in [4.69, 9.17) is 33.9 Å². The van der Waals surface area contributed by atoms with Crippen molar-refractivity contribution in [3.8, 4) is 22.4 Å². The van der Waals surface area contributed by atoms with E-state index in [9.17, 15) is 4.79 Å². The number of nitrogens with one attached hydrogen (secondary N) is 1. The zero-order chi connectivity index (χ0) is 21.1. The molecule has 0 saturated heterocycles. The summed E-state index contributed by atoms with van der Waals surface area (Å²) in [4.78, 5) is 20.4. The molecule has 0 atom stereocenters. The van der Waals surface area contributed by atoms with Gasteiger partial charge in [-0.1, -0.05) is 47.5 Å². The van der Waals surface area contributed by atoms with Crippen LogP contribution in [0.25, 0.3) is 22.4 Å². The summed E-state index contributed by atoms with van der Waals surface area (Å²) < 4.78 is 0. The highest BCUT2D eigenvalue weighted by Gasteiger charge is 2.29. The summed E-state index contributed by atoms with van der Waals surface area (Å²) in [7, 11) is 0. The molecule has 5 nitrogen and oxygen atoms in total. The van der Waals surface area contributed by atoms with Crippen LogP contribution in [0.1, 0.15) is 18.4 Å². The molecule has 1 heterocycles. The molecule has 1 fully saturated rings. The second-order valence-corrected chi connectivity index (χ2v) is 8.09. The van der Waals surface area contributed by atoms with Crippen molar-refractivity contribution < 1.29 is 4.79 Å². The van der Waals surface area contributed by atoms with Crippen LogP contribution in [-0.2, 0) is 11.3 Å². The van der Waals surface area contributed by atoms with Crippen LogP contribution in [0.5, 0.6) is 0 Å². The topological polar surface area (TPSA) is 80.4 Å². The van der Waals surface area contributed by atoms with Gasteiger partial charge in [0.2, 0.25) is 0 Å². The Labute approximate surface area is 185 Å². The largest absolute Gasteiger partial charge is 0.370 e. The minimum Gasteiger partial charge on any atom is -0.370 e. The Balaban J connectivity index is 1.62. The van der Waals surface area contributed by atoms with Crippen LogP contribution in [0.2, 0.25) is 10.0 Å². The molecule has 3 N–H and O–H groups in total. The molecule has 1 aliphatic carbocycles. The number of pyridine rings is 1. The van der Waals surface area contributed by atoms with Gasteiger partial charge in [0.1, 0.15) is 0 Å². The number of guanidine groups is 1. The summed E-state index contributed by atoms with van der Waals surface area (Å²) in [5.41, 5.74) is 10.5. The molecule has 0 aliphatic heterocycles. The first-order chi connectivity index (χ1) is 14.5. The highest BCUT2D eigenvalue weighted by Crippen LogP contribution is 2.32. The minimum atomic E-state index is -0.155. The SMILES string of the molecule is NC(=NC(=O)C1CC1)NCc1cnc(-c2ccc(Cl)cc2)c(-c2ccc(Cl)cc2)c1. The van der Waals surface area contributed by atoms with Gasteiger partial charge in [-0.05, 0) is 54.3 Å². The van der Waals surface area contributed by atoms with E-state index in [1.165, 1.54) is 0 Å². The molecule has 4 rings (SSSR count). The van der Waals surface area contributed by atoms with E-state index in [-0.39, 0.29) is 17.8 Å². The Morgan fingerprint density at radius 2 is 1.63 bits per heavy atom. The standard InChI is InChI=1S/C23H20Cl2N4O/c24-18-7-3-15(4-8-18)20-11-14(13-28-23(26)29-22(30)17-1-2-17)12-27-21(20)16-5-9-19(25)10-6-16/h3-12,17H,1-2,13H2,(H3,26,28,29,30). The summed E-state index contributed by atoms with van der Waals surface area (Å²) in [6.07, 6.45) is 3.58.